The molecule has 1 rings (SSSR count). The zero-order chi connectivity index (χ0) is 5.98. The molecule has 43 valence electrons. The van der Waals surface area contributed by atoms with E-state index in [0.29, 0.717) is 4.47 Å². The zero-order valence-corrected chi connectivity index (χ0v) is 6.01. The Morgan fingerprint density at radius 1 is 1.88 bits per heavy atom. The van der Waals surface area contributed by atoms with Gasteiger partial charge in [-0.25, -0.2) is 4.98 Å². The molecule has 1 nitrogen and oxygen atoms in total. The van der Waals surface area contributed by atoms with Gasteiger partial charge in [0.25, 0.3) is 0 Å². The van der Waals surface area contributed by atoms with E-state index >= 15 is 0 Å². The van der Waals surface area contributed by atoms with Crippen molar-refractivity contribution in [2.75, 3.05) is 0 Å². The lowest BCUT2D eigenvalue weighted by atomic mass is 10.4. The molecule has 1 heterocycles. The number of hydrogen-bond donors (Lipinski definition) is 0. The summed E-state index contributed by atoms with van der Waals surface area (Å²) in [6.07, 6.45) is 0.920. The topological polar surface area (TPSA) is 12.9 Å². The highest BCUT2D eigenvalue weighted by molar-refractivity contribution is 7.13. The lowest BCUT2D eigenvalue weighted by molar-refractivity contribution is 1.06. The molecule has 1 aromatic heterocycles. The molecule has 8 heavy (non-hydrogen) atoms. The summed E-state index contributed by atoms with van der Waals surface area (Å²) in [5, 5.41) is 2.95. The van der Waals surface area contributed by atoms with Crippen LogP contribution in [-0.2, 0) is 6.42 Å². The third-order valence-corrected chi connectivity index (χ3v) is 1.72. The Kier molecular flexibility index (Phi) is 1.86. The number of rotatable bonds is 1. The lowest BCUT2D eigenvalue weighted by Crippen LogP contribution is -1.75. The Morgan fingerprint density at radius 2 is 2.62 bits per heavy atom. The van der Waals surface area contributed by atoms with Crippen molar-refractivity contribution in [3.05, 3.63) is 15.5 Å². The predicted molar refractivity (Wildman–Crippen MR) is 35.3 cm³/mol. The highest BCUT2D eigenvalue weighted by Crippen LogP contribution is 2.13. The van der Waals surface area contributed by atoms with E-state index in [1.165, 1.54) is 11.3 Å². The number of halogens is 1. The van der Waals surface area contributed by atoms with Gasteiger partial charge in [0.2, 0.25) is 0 Å². The van der Waals surface area contributed by atoms with Gasteiger partial charge in [-0.3, -0.25) is 0 Å². The molecule has 0 fully saturated rings. The first-order valence-corrected chi connectivity index (χ1v) is 3.55. The van der Waals surface area contributed by atoms with Crippen molar-refractivity contribution in [2.24, 2.45) is 0 Å². The maximum absolute atomic E-state index is 5.52. The van der Waals surface area contributed by atoms with E-state index in [2.05, 4.69) is 10.4 Å². The van der Waals surface area contributed by atoms with Crippen LogP contribution in [0.2, 0.25) is 4.47 Å². The second-order valence-electron chi connectivity index (χ2n) is 1.37. The van der Waals surface area contributed by atoms with Crippen molar-refractivity contribution in [3.8, 4) is 0 Å². The van der Waals surface area contributed by atoms with Gasteiger partial charge in [-0.1, -0.05) is 18.5 Å². The van der Waals surface area contributed by atoms with Gasteiger partial charge in [-0.15, -0.1) is 11.3 Å². The minimum atomic E-state index is 0.585. The lowest BCUT2D eigenvalue weighted by Gasteiger charge is -1.77. The monoisotopic (exact) mass is 146 g/mol. The van der Waals surface area contributed by atoms with Crippen LogP contribution < -0.4 is 0 Å². The highest BCUT2D eigenvalue weighted by atomic mass is 35.5. The summed E-state index contributed by atoms with van der Waals surface area (Å²) in [4.78, 5) is 3.96. The van der Waals surface area contributed by atoms with Crippen LogP contribution in [-0.4, -0.2) is 4.98 Å². The number of aromatic nitrogens is 1. The van der Waals surface area contributed by atoms with Crippen molar-refractivity contribution in [1.29, 1.82) is 0 Å². The number of aryl methyl sites for hydroxylation is 1. The molecule has 0 aromatic carbocycles. The third-order valence-electron chi connectivity index (χ3n) is 0.811. The summed E-state index contributed by atoms with van der Waals surface area (Å²) >= 11 is 6.87. The van der Waals surface area contributed by atoms with E-state index in [-0.39, 0.29) is 0 Å². The van der Waals surface area contributed by atoms with Crippen LogP contribution in [0.3, 0.4) is 0 Å². The van der Waals surface area contributed by atoms with E-state index in [1.807, 2.05) is 6.92 Å². The van der Waals surface area contributed by atoms with E-state index in [1.54, 1.807) is 0 Å². The van der Waals surface area contributed by atoms with E-state index < -0.39 is 0 Å². The minimum absolute atomic E-state index is 0.585. The smallest absolute Gasteiger partial charge is 0.184 e. The zero-order valence-electron chi connectivity index (χ0n) is 4.44. The second kappa shape index (κ2) is 2.46. The Balaban J connectivity index is 2.84. The standard InChI is InChI=1S/C5H5ClNS/c1-2-4-3-8-5(6)7-4/h2H2,1H3. The van der Waals surface area contributed by atoms with E-state index in [0.717, 1.165) is 12.1 Å². The number of hydrogen-bond acceptors (Lipinski definition) is 2. The maximum atomic E-state index is 5.52. The first kappa shape index (κ1) is 6.05. The Morgan fingerprint density at radius 3 is 2.88 bits per heavy atom. The molecule has 3 heteroatoms. The van der Waals surface area contributed by atoms with Gasteiger partial charge in [0.05, 0.1) is 11.1 Å². The predicted octanol–water partition coefficient (Wildman–Crippen LogP) is 2.16. The first-order valence-electron chi connectivity index (χ1n) is 2.36. The van der Waals surface area contributed by atoms with E-state index in [9.17, 15) is 0 Å². The molecule has 0 spiro atoms. The quantitative estimate of drug-likeness (QED) is 0.592. The van der Waals surface area contributed by atoms with Crippen LogP contribution >= 0.6 is 22.9 Å². The molecule has 0 aliphatic heterocycles. The first-order chi connectivity index (χ1) is 3.83. The molecule has 0 N–H and O–H groups in total. The number of thiazole rings is 1. The molecule has 0 aliphatic carbocycles. The van der Waals surface area contributed by atoms with Crippen LogP contribution in [0.15, 0.2) is 0 Å². The molecular weight excluding hydrogens is 142 g/mol. The molecule has 0 amide bonds. The molecule has 0 saturated carbocycles. The third kappa shape index (κ3) is 1.20. The largest absolute Gasteiger partial charge is 0.229 e. The summed E-state index contributed by atoms with van der Waals surface area (Å²) in [5.74, 6) is 0. The molecule has 0 atom stereocenters. The summed E-state index contributed by atoms with van der Waals surface area (Å²) in [6, 6.07) is 0. The average molecular weight is 147 g/mol. The Bertz CT molecular complexity index is 173. The minimum Gasteiger partial charge on any atom is -0.229 e. The maximum Gasteiger partial charge on any atom is 0.184 e. The van der Waals surface area contributed by atoms with Gasteiger partial charge in [-0.05, 0) is 6.42 Å². The molecule has 1 radical (unpaired) electrons. The van der Waals surface area contributed by atoms with Crippen molar-refractivity contribution < 1.29 is 0 Å². The van der Waals surface area contributed by atoms with Crippen LogP contribution in [0.4, 0.5) is 0 Å². The van der Waals surface area contributed by atoms with Gasteiger partial charge in [0.15, 0.2) is 4.47 Å². The Hall–Kier alpha value is -0.0800. The van der Waals surface area contributed by atoms with Crippen molar-refractivity contribution in [1.82, 2.24) is 4.98 Å². The summed E-state index contributed by atoms with van der Waals surface area (Å²) in [6.45, 7) is 2.03. The van der Waals surface area contributed by atoms with Crippen molar-refractivity contribution in [3.63, 3.8) is 0 Å². The SMILES string of the molecule is CCc1[c]sc(Cl)n1. The van der Waals surface area contributed by atoms with Crippen LogP contribution in [0, 0.1) is 5.38 Å². The average Bonchev–Trinajstić information content (AvgIpc) is 2.14. The molecule has 0 bridgehead atoms. The van der Waals surface area contributed by atoms with Crippen LogP contribution in [0.1, 0.15) is 12.6 Å². The molecule has 0 unspecified atom stereocenters. The van der Waals surface area contributed by atoms with Gasteiger partial charge in [-0.2, -0.15) is 0 Å². The van der Waals surface area contributed by atoms with Gasteiger partial charge >= 0.3 is 0 Å². The fraction of sp³-hybridized carbons (Fsp3) is 0.400. The van der Waals surface area contributed by atoms with Gasteiger partial charge in [0.1, 0.15) is 0 Å². The number of nitrogens with zero attached hydrogens (tertiary/aromatic N) is 1. The fourth-order valence-electron chi connectivity index (χ4n) is 0.404. The Labute approximate surface area is 57.3 Å². The van der Waals surface area contributed by atoms with Crippen molar-refractivity contribution >= 4 is 22.9 Å². The molecule has 0 saturated heterocycles. The normalized spacial score (nSPS) is 9.75. The molecule has 0 aliphatic rings. The summed E-state index contributed by atoms with van der Waals surface area (Å²) in [7, 11) is 0. The van der Waals surface area contributed by atoms with Gasteiger partial charge in [0, 0.05) is 0 Å². The van der Waals surface area contributed by atoms with Crippen LogP contribution in [0.5, 0.6) is 0 Å². The summed E-state index contributed by atoms with van der Waals surface area (Å²) in [5.41, 5.74) is 0.958. The van der Waals surface area contributed by atoms with Gasteiger partial charge < -0.3 is 0 Å². The van der Waals surface area contributed by atoms with Crippen LogP contribution in [0.25, 0.3) is 0 Å². The van der Waals surface area contributed by atoms with Crippen molar-refractivity contribution in [2.45, 2.75) is 13.3 Å². The highest BCUT2D eigenvalue weighted by Gasteiger charge is 1.94. The van der Waals surface area contributed by atoms with E-state index in [4.69, 9.17) is 11.6 Å². The molecular formula is C5H5ClNS. The summed E-state index contributed by atoms with van der Waals surface area (Å²) < 4.78 is 0.585. The second-order valence-corrected chi connectivity index (χ2v) is 2.75. The molecule has 1 aromatic rings. The fourth-order valence-corrected chi connectivity index (χ4v) is 1.17.